The van der Waals surface area contributed by atoms with Crippen LogP contribution in [0.5, 0.6) is 0 Å². The molecule has 0 unspecified atom stereocenters. The number of thioether (sulfide) groups is 1. The lowest BCUT2D eigenvalue weighted by Crippen LogP contribution is -2.14. The average molecular weight is 488 g/mol. The molecule has 1 fully saturated rings. The van der Waals surface area contributed by atoms with Crippen molar-refractivity contribution in [2.45, 2.75) is 70.6 Å². The molecule has 0 saturated carbocycles. The van der Waals surface area contributed by atoms with E-state index in [1.165, 1.54) is 31.0 Å². The van der Waals surface area contributed by atoms with E-state index < -0.39 is 9.84 Å². The fourth-order valence-corrected chi connectivity index (χ4v) is 7.51. The SMILES string of the molecule is CCCCCCn1c(SCC(=O)c2cc(C)n([C@H]3CCS(=O)(=O)C3)c2C)nc2ccccc21. The number of Topliss-reactive ketones (excluding diaryl/α,β-unsaturated/α-hetero) is 1. The van der Waals surface area contributed by atoms with Crippen LogP contribution in [0.3, 0.4) is 0 Å². The standard InChI is InChI=1S/C25H33N3O3S2/c1-4-5-6-9-13-27-23-11-8-7-10-22(23)26-25(27)32-16-24(29)21-15-18(2)28(19(21)3)20-12-14-33(30,31)17-20/h7-8,10-11,15,20H,4-6,9,12-14,16-17H2,1-3H3/t20-/m0/s1. The van der Waals surface area contributed by atoms with Crippen LogP contribution in [-0.4, -0.2) is 45.6 Å². The summed E-state index contributed by atoms with van der Waals surface area (Å²) in [5.74, 6) is 0.756. The molecule has 0 amide bonds. The average Bonchev–Trinajstić information content (AvgIpc) is 3.41. The number of ketones is 1. The number of benzene rings is 1. The number of carbonyl (C=O) groups excluding carboxylic acids is 1. The topological polar surface area (TPSA) is 74.0 Å². The van der Waals surface area contributed by atoms with Crippen molar-refractivity contribution in [2.75, 3.05) is 17.3 Å². The van der Waals surface area contributed by atoms with Gasteiger partial charge in [-0.1, -0.05) is 50.1 Å². The highest BCUT2D eigenvalue weighted by Crippen LogP contribution is 2.31. The Morgan fingerprint density at radius 2 is 1.97 bits per heavy atom. The second kappa shape index (κ2) is 10.1. The van der Waals surface area contributed by atoms with Gasteiger partial charge in [0.2, 0.25) is 0 Å². The van der Waals surface area contributed by atoms with Gasteiger partial charge in [0.05, 0.1) is 28.3 Å². The number of sulfone groups is 1. The molecule has 0 bridgehead atoms. The molecule has 0 radical (unpaired) electrons. The zero-order chi connectivity index (χ0) is 23.6. The van der Waals surface area contributed by atoms with Crippen LogP contribution in [0.15, 0.2) is 35.5 Å². The van der Waals surface area contributed by atoms with Gasteiger partial charge in [-0.15, -0.1) is 0 Å². The van der Waals surface area contributed by atoms with Crippen LogP contribution in [0.4, 0.5) is 0 Å². The van der Waals surface area contributed by atoms with Crippen molar-refractivity contribution >= 4 is 38.4 Å². The number of aromatic nitrogens is 3. The molecule has 8 heteroatoms. The van der Waals surface area contributed by atoms with Crippen LogP contribution in [-0.2, 0) is 16.4 Å². The Morgan fingerprint density at radius 1 is 1.18 bits per heavy atom. The summed E-state index contributed by atoms with van der Waals surface area (Å²) in [4.78, 5) is 18.0. The lowest BCUT2D eigenvalue weighted by Gasteiger charge is -2.16. The molecule has 0 N–H and O–H groups in total. The van der Waals surface area contributed by atoms with E-state index >= 15 is 0 Å². The minimum Gasteiger partial charge on any atom is -0.344 e. The zero-order valence-electron chi connectivity index (χ0n) is 19.7. The Balaban J connectivity index is 1.51. The first kappa shape index (κ1) is 24.1. The number of aryl methyl sites for hydroxylation is 2. The number of hydrogen-bond acceptors (Lipinski definition) is 5. The molecule has 1 atom stereocenters. The summed E-state index contributed by atoms with van der Waals surface area (Å²) in [5.41, 5.74) is 4.59. The summed E-state index contributed by atoms with van der Waals surface area (Å²) >= 11 is 1.49. The second-order valence-corrected chi connectivity index (χ2v) is 12.2. The summed E-state index contributed by atoms with van der Waals surface area (Å²) in [7, 11) is -2.98. The maximum atomic E-state index is 13.2. The Morgan fingerprint density at radius 3 is 2.70 bits per heavy atom. The highest BCUT2D eigenvalue weighted by atomic mass is 32.2. The predicted molar refractivity (Wildman–Crippen MR) is 135 cm³/mol. The van der Waals surface area contributed by atoms with E-state index in [9.17, 15) is 13.2 Å². The maximum Gasteiger partial charge on any atom is 0.175 e. The van der Waals surface area contributed by atoms with E-state index in [1.54, 1.807) is 0 Å². The summed E-state index contributed by atoms with van der Waals surface area (Å²) in [6.07, 6.45) is 5.33. The monoisotopic (exact) mass is 487 g/mol. The summed E-state index contributed by atoms with van der Waals surface area (Å²) < 4.78 is 28.2. The molecule has 2 aromatic heterocycles. The fraction of sp³-hybridized carbons (Fsp3) is 0.520. The molecule has 1 aliphatic rings. The third kappa shape index (κ3) is 5.22. The van der Waals surface area contributed by atoms with E-state index in [-0.39, 0.29) is 23.3 Å². The van der Waals surface area contributed by atoms with Crippen molar-refractivity contribution < 1.29 is 13.2 Å². The number of hydrogen-bond donors (Lipinski definition) is 0. The van der Waals surface area contributed by atoms with Gasteiger partial charge in [0.15, 0.2) is 20.8 Å². The number of unbranched alkanes of at least 4 members (excludes halogenated alkanes) is 3. The quantitative estimate of drug-likeness (QED) is 0.218. The molecule has 4 rings (SSSR count). The van der Waals surface area contributed by atoms with Crippen molar-refractivity contribution in [3.8, 4) is 0 Å². The largest absolute Gasteiger partial charge is 0.344 e. The van der Waals surface area contributed by atoms with Crippen molar-refractivity contribution in [1.29, 1.82) is 0 Å². The Labute approximate surface area is 200 Å². The number of nitrogens with zero attached hydrogens (tertiary/aromatic N) is 3. The van der Waals surface area contributed by atoms with Crippen molar-refractivity contribution in [3.63, 3.8) is 0 Å². The molecule has 0 aliphatic carbocycles. The molecular weight excluding hydrogens is 454 g/mol. The van der Waals surface area contributed by atoms with Crippen LogP contribution in [0.2, 0.25) is 0 Å². The van der Waals surface area contributed by atoms with Gasteiger partial charge in [0.1, 0.15) is 0 Å². The number of fused-ring (bicyclic) bond motifs is 1. The summed E-state index contributed by atoms with van der Waals surface area (Å²) in [6.45, 7) is 7.00. The number of rotatable bonds is 10. The molecule has 0 spiro atoms. The normalized spacial score (nSPS) is 17.7. The van der Waals surface area contributed by atoms with Crippen LogP contribution < -0.4 is 0 Å². The Bertz CT molecular complexity index is 1260. The van der Waals surface area contributed by atoms with Crippen LogP contribution in [0, 0.1) is 13.8 Å². The van der Waals surface area contributed by atoms with E-state index in [4.69, 9.17) is 4.98 Å². The fourth-order valence-electron chi connectivity index (χ4n) is 4.88. The van der Waals surface area contributed by atoms with Gasteiger partial charge in [-0.2, -0.15) is 0 Å². The minimum absolute atomic E-state index is 0.0600. The summed E-state index contributed by atoms with van der Waals surface area (Å²) in [6, 6.07) is 9.98. The molecule has 178 valence electrons. The van der Waals surface area contributed by atoms with Crippen LogP contribution in [0.1, 0.15) is 66.8 Å². The first-order valence-corrected chi connectivity index (χ1v) is 14.6. The summed E-state index contributed by atoms with van der Waals surface area (Å²) in [5, 5.41) is 0.886. The van der Waals surface area contributed by atoms with Crippen molar-refractivity contribution in [1.82, 2.24) is 14.1 Å². The van der Waals surface area contributed by atoms with Gasteiger partial charge in [-0.3, -0.25) is 4.79 Å². The van der Waals surface area contributed by atoms with Crippen molar-refractivity contribution in [3.05, 3.63) is 47.3 Å². The number of imidazole rings is 1. The van der Waals surface area contributed by atoms with Crippen LogP contribution >= 0.6 is 11.8 Å². The maximum absolute atomic E-state index is 13.2. The Kier molecular flexibility index (Phi) is 7.34. The molecule has 1 aliphatic heterocycles. The van der Waals surface area contributed by atoms with E-state index in [1.807, 2.05) is 42.7 Å². The van der Waals surface area contributed by atoms with Crippen LogP contribution in [0.25, 0.3) is 11.0 Å². The molecule has 6 nitrogen and oxygen atoms in total. The van der Waals surface area contributed by atoms with Gasteiger partial charge in [0.25, 0.3) is 0 Å². The third-order valence-corrected chi connectivity index (χ3v) is 9.27. The van der Waals surface area contributed by atoms with Gasteiger partial charge in [0, 0.05) is 29.5 Å². The van der Waals surface area contributed by atoms with Gasteiger partial charge < -0.3 is 9.13 Å². The van der Waals surface area contributed by atoms with E-state index in [0.717, 1.165) is 40.5 Å². The zero-order valence-corrected chi connectivity index (χ0v) is 21.3. The first-order chi connectivity index (χ1) is 15.8. The lowest BCUT2D eigenvalue weighted by molar-refractivity contribution is 0.102. The highest BCUT2D eigenvalue weighted by Gasteiger charge is 2.31. The van der Waals surface area contributed by atoms with E-state index in [2.05, 4.69) is 17.6 Å². The predicted octanol–water partition coefficient (Wildman–Crippen LogP) is 5.37. The van der Waals surface area contributed by atoms with Gasteiger partial charge in [-0.25, -0.2) is 13.4 Å². The molecule has 1 aromatic carbocycles. The molecule has 1 saturated heterocycles. The number of para-hydroxylation sites is 2. The smallest absolute Gasteiger partial charge is 0.175 e. The first-order valence-electron chi connectivity index (χ1n) is 11.8. The lowest BCUT2D eigenvalue weighted by atomic mass is 10.2. The van der Waals surface area contributed by atoms with E-state index in [0.29, 0.717) is 17.7 Å². The second-order valence-electron chi connectivity index (χ2n) is 9.02. The third-order valence-electron chi connectivity index (χ3n) is 6.55. The molecular formula is C25H33N3O3S2. The highest BCUT2D eigenvalue weighted by molar-refractivity contribution is 7.99. The van der Waals surface area contributed by atoms with Gasteiger partial charge >= 0.3 is 0 Å². The van der Waals surface area contributed by atoms with Crippen molar-refractivity contribution in [2.24, 2.45) is 0 Å². The molecule has 3 heterocycles. The Hall–Kier alpha value is -2.06. The molecule has 33 heavy (non-hydrogen) atoms. The van der Waals surface area contributed by atoms with Gasteiger partial charge in [-0.05, 0) is 44.9 Å². The number of carbonyl (C=O) groups is 1. The minimum atomic E-state index is -2.98. The molecule has 3 aromatic rings.